The Hall–Kier alpha value is -1.46. The number of anilines is 1. The Morgan fingerprint density at radius 2 is 2.28 bits per heavy atom. The summed E-state index contributed by atoms with van der Waals surface area (Å²) >= 11 is 0. The zero-order chi connectivity index (χ0) is 11.7. The lowest BCUT2D eigenvalue weighted by atomic mass is 10.2. The molecule has 0 spiro atoms. The lowest BCUT2D eigenvalue weighted by Crippen LogP contribution is -2.23. The van der Waals surface area contributed by atoms with Gasteiger partial charge in [0.05, 0.1) is 5.52 Å². The van der Waals surface area contributed by atoms with Crippen molar-refractivity contribution in [1.29, 1.82) is 0 Å². The molecule has 4 nitrogen and oxygen atoms in total. The first-order chi connectivity index (χ1) is 8.31. The molecule has 1 aromatic heterocycles. The fraction of sp³-hybridized carbons (Fsp3) is 0.333. The largest absolute Gasteiger partial charge is 0.350 e. The molecule has 1 aromatic carbocycles. The minimum Gasteiger partial charge on any atom is -0.350 e. The Morgan fingerprint density at radius 1 is 1.39 bits per heavy atom. The van der Waals surface area contributed by atoms with Crippen LogP contribution < -0.4 is 10.6 Å². The maximum Gasteiger partial charge on any atom is 0.223 e. The summed E-state index contributed by atoms with van der Waals surface area (Å²) in [5.41, 5.74) is 0.759. The second kappa shape index (κ2) is 5.46. The Morgan fingerprint density at radius 3 is 3.06 bits per heavy atom. The molecule has 1 saturated heterocycles. The van der Waals surface area contributed by atoms with Gasteiger partial charge in [-0.3, -0.25) is 0 Å². The molecule has 0 aliphatic carbocycles. The summed E-state index contributed by atoms with van der Waals surface area (Å²) in [5, 5.41) is 7.26. The van der Waals surface area contributed by atoms with Crippen LogP contribution in [0.2, 0.25) is 0 Å². The summed E-state index contributed by atoms with van der Waals surface area (Å²) in [5.74, 6) is 0.347. The zero-order valence-corrected chi connectivity index (χ0v) is 10.5. The van der Waals surface area contributed by atoms with Gasteiger partial charge in [0, 0.05) is 24.2 Å². The van der Waals surface area contributed by atoms with Crippen molar-refractivity contribution in [2.24, 2.45) is 0 Å². The van der Waals surface area contributed by atoms with E-state index in [0.717, 1.165) is 30.4 Å². The normalized spacial score (nSPS) is 18.6. The highest BCUT2D eigenvalue weighted by molar-refractivity contribution is 5.85. The van der Waals surface area contributed by atoms with Crippen molar-refractivity contribution in [2.45, 2.75) is 12.5 Å². The molecule has 2 aromatic rings. The number of fused-ring (bicyclic) bond motifs is 1. The molecule has 2 heterocycles. The molecule has 0 radical (unpaired) electrons. The summed E-state index contributed by atoms with van der Waals surface area (Å²) in [6.45, 7) is 1.96. The van der Waals surface area contributed by atoms with Gasteiger partial charge >= 0.3 is 0 Å². The van der Waals surface area contributed by atoms with E-state index in [2.05, 4.69) is 20.6 Å². The predicted octanol–water partition coefficient (Wildman–Crippen LogP) is 1.96. The van der Waals surface area contributed by atoms with Gasteiger partial charge in [0.15, 0.2) is 0 Å². The van der Waals surface area contributed by atoms with Gasteiger partial charge in [-0.25, -0.2) is 14.4 Å². The average Bonchev–Trinajstić information content (AvgIpc) is 2.82. The smallest absolute Gasteiger partial charge is 0.223 e. The number of nitrogens with zero attached hydrogens (tertiary/aromatic N) is 2. The highest BCUT2D eigenvalue weighted by atomic mass is 35.5. The minimum atomic E-state index is -0.262. The molecule has 3 rings (SSSR count). The molecule has 0 saturated carbocycles. The van der Waals surface area contributed by atoms with Crippen LogP contribution in [0.4, 0.5) is 10.3 Å². The van der Waals surface area contributed by atoms with E-state index in [1.807, 2.05) is 0 Å². The zero-order valence-electron chi connectivity index (χ0n) is 9.69. The number of rotatable bonds is 2. The van der Waals surface area contributed by atoms with Crippen LogP contribution in [0, 0.1) is 5.82 Å². The van der Waals surface area contributed by atoms with Crippen LogP contribution in [-0.2, 0) is 0 Å². The highest BCUT2D eigenvalue weighted by Gasteiger charge is 2.14. The van der Waals surface area contributed by atoms with Crippen LogP contribution in [0.25, 0.3) is 10.9 Å². The molecule has 96 valence electrons. The van der Waals surface area contributed by atoms with E-state index in [1.165, 1.54) is 12.1 Å². The van der Waals surface area contributed by atoms with Gasteiger partial charge in [-0.05, 0) is 31.2 Å². The van der Waals surface area contributed by atoms with E-state index < -0.39 is 0 Å². The summed E-state index contributed by atoms with van der Waals surface area (Å²) in [4.78, 5) is 8.56. The molecule has 6 heteroatoms. The van der Waals surface area contributed by atoms with Crippen LogP contribution >= 0.6 is 12.4 Å². The maximum atomic E-state index is 13.0. The quantitative estimate of drug-likeness (QED) is 0.874. The van der Waals surface area contributed by atoms with Crippen molar-refractivity contribution in [3.8, 4) is 0 Å². The summed E-state index contributed by atoms with van der Waals surface area (Å²) in [6, 6.07) is 4.91. The Balaban J connectivity index is 0.00000120. The van der Waals surface area contributed by atoms with Gasteiger partial charge in [-0.15, -0.1) is 12.4 Å². The lowest BCUT2D eigenvalue weighted by Gasteiger charge is -2.11. The van der Waals surface area contributed by atoms with E-state index in [1.54, 1.807) is 12.3 Å². The van der Waals surface area contributed by atoms with Crippen molar-refractivity contribution < 1.29 is 4.39 Å². The molecule has 0 amide bonds. The van der Waals surface area contributed by atoms with Gasteiger partial charge < -0.3 is 10.6 Å². The van der Waals surface area contributed by atoms with Crippen LogP contribution in [0.1, 0.15) is 6.42 Å². The minimum absolute atomic E-state index is 0. The van der Waals surface area contributed by atoms with Crippen LogP contribution in [0.5, 0.6) is 0 Å². The Bertz CT molecular complexity index is 543. The molecule has 1 fully saturated rings. The first-order valence-electron chi connectivity index (χ1n) is 5.71. The van der Waals surface area contributed by atoms with E-state index >= 15 is 0 Å². The van der Waals surface area contributed by atoms with Crippen molar-refractivity contribution in [3.05, 3.63) is 30.2 Å². The lowest BCUT2D eigenvalue weighted by molar-refractivity contribution is 0.629. The van der Waals surface area contributed by atoms with Gasteiger partial charge in [-0.2, -0.15) is 0 Å². The van der Waals surface area contributed by atoms with Crippen LogP contribution in [0.15, 0.2) is 24.4 Å². The molecular formula is C12H14ClFN4. The standard InChI is InChI=1S/C12H13FN4.ClH/c13-9-1-2-11-8(5-9)6-15-12(17-11)16-10-3-4-14-7-10;/h1-2,5-6,10,14H,3-4,7H2,(H,15,16,17);1H/t10-;/m1./s1. The van der Waals surface area contributed by atoms with E-state index in [-0.39, 0.29) is 18.2 Å². The SMILES string of the molecule is Cl.Fc1ccc2nc(N[C@@H]3CCNC3)ncc2c1. The molecule has 1 aliphatic heterocycles. The monoisotopic (exact) mass is 268 g/mol. The number of nitrogens with one attached hydrogen (secondary N) is 2. The first-order valence-corrected chi connectivity index (χ1v) is 5.71. The van der Waals surface area contributed by atoms with E-state index in [4.69, 9.17) is 0 Å². The fourth-order valence-electron chi connectivity index (χ4n) is 2.03. The van der Waals surface area contributed by atoms with E-state index in [9.17, 15) is 4.39 Å². The summed E-state index contributed by atoms with van der Waals surface area (Å²) in [7, 11) is 0. The Labute approximate surface area is 110 Å². The van der Waals surface area contributed by atoms with Gasteiger partial charge in [-0.1, -0.05) is 0 Å². The van der Waals surface area contributed by atoms with Crippen molar-refractivity contribution in [1.82, 2.24) is 15.3 Å². The van der Waals surface area contributed by atoms with E-state index in [0.29, 0.717) is 12.0 Å². The number of hydrogen-bond donors (Lipinski definition) is 2. The first kappa shape index (κ1) is 13.0. The second-order valence-corrected chi connectivity index (χ2v) is 4.23. The number of hydrogen-bond acceptors (Lipinski definition) is 4. The summed E-state index contributed by atoms with van der Waals surface area (Å²) in [6.07, 6.45) is 2.72. The van der Waals surface area contributed by atoms with Crippen molar-refractivity contribution in [3.63, 3.8) is 0 Å². The number of halogens is 2. The third kappa shape index (κ3) is 2.68. The van der Waals surface area contributed by atoms with Crippen molar-refractivity contribution >= 4 is 29.3 Å². The molecule has 1 atom stereocenters. The fourth-order valence-corrected chi connectivity index (χ4v) is 2.03. The van der Waals surface area contributed by atoms with Gasteiger partial charge in [0.2, 0.25) is 5.95 Å². The highest BCUT2D eigenvalue weighted by Crippen LogP contribution is 2.15. The molecule has 0 unspecified atom stereocenters. The third-order valence-electron chi connectivity index (χ3n) is 2.94. The van der Waals surface area contributed by atoms with Gasteiger partial charge in [0.25, 0.3) is 0 Å². The number of aromatic nitrogens is 2. The predicted molar refractivity (Wildman–Crippen MR) is 71.6 cm³/mol. The average molecular weight is 269 g/mol. The topological polar surface area (TPSA) is 49.8 Å². The summed E-state index contributed by atoms with van der Waals surface area (Å²) < 4.78 is 13.0. The molecule has 1 aliphatic rings. The van der Waals surface area contributed by atoms with Gasteiger partial charge in [0.1, 0.15) is 5.82 Å². The molecule has 2 N–H and O–H groups in total. The molecular weight excluding hydrogens is 255 g/mol. The third-order valence-corrected chi connectivity index (χ3v) is 2.94. The maximum absolute atomic E-state index is 13.0. The second-order valence-electron chi connectivity index (χ2n) is 4.23. The van der Waals surface area contributed by atoms with Crippen LogP contribution in [-0.4, -0.2) is 29.1 Å². The van der Waals surface area contributed by atoms with Crippen LogP contribution in [0.3, 0.4) is 0 Å². The number of benzene rings is 1. The molecule has 0 bridgehead atoms. The Kier molecular flexibility index (Phi) is 3.93. The van der Waals surface area contributed by atoms with Crippen molar-refractivity contribution in [2.75, 3.05) is 18.4 Å². The molecule has 18 heavy (non-hydrogen) atoms.